The number of carbonyl (C=O) groups is 1. The van der Waals surface area contributed by atoms with Crippen LogP contribution in [0.25, 0.3) is 0 Å². The van der Waals surface area contributed by atoms with Crippen molar-refractivity contribution in [3.8, 4) is 0 Å². The van der Waals surface area contributed by atoms with Crippen molar-refractivity contribution in [3.63, 3.8) is 0 Å². The Balaban J connectivity index is 2.99. The van der Waals surface area contributed by atoms with Crippen LogP contribution in [0.5, 0.6) is 0 Å². The van der Waals surface area contributed by atoms with Gasteiger partial charge in [-0.05, 0) is 18.9 Å². The molecule has 0 aliphatic heterocycles. The molecule has 0 aromatic carbocycles. The molecule has 1 aromatic heterocycles. The first-order chi connectivity index (χ1) is 7.41. The molecule has 1 atom stereocenters. The number of nitrogens with one attached hydrogen (secondary N) is 1. The number of pyridine rings is 1. The maximum absolute atomic E-state index is 11.2. The van der Waals surface area contributed by atoms with E-state index in [4.69, 9.17) is 11.5 Å². The summed E-state index contributed by atoms with van der Waals surface area (Å²) < 4.78 is 0. The molecule has 0 saturated heterocycles. The van der Waals surface area contributed by atoms with E-state index in [0.29, 0.717) is 23.0 Å². The molecule has 5 heteroatoms. The Morgan fingerprint density at radius 3 is 2.56 bits per heavy atom. The van der Waals surface area contributed by atoms with E-state index >= 15 is 0 Å². The number of amides is 1. The maximum atomic E-state index is 11.2. The number of nitrogens with two attached hydrogens (primary N) is 2. The fraction of sp³-hybridized carbons (Fsp3) is 0.455. The first-order valence-corrected chi connectivity index (χ1v) is 5.23. The van der Waals surface area contributed by atoms with Gasteiger partial charge in [0, 0.05) is 6.04 Å². The van der Waals surface area contributed by atoms with Crippen LogP contribution < -0.4 is 16.8 Å². The zero-order valence-corrected chi connectivity index (χ0v) is 9.82. The predicted octanol–water partition coefficient (Wildman–Crippen LogP) is 1.22. The number of aromatic nitrogens is 1. The minimum Gasteiger partial charge on any atom is -0.397 e. The smallest absolute Gasteiger partial charge is 0.252 e. The Labute approximate surface area is 95.2 Å². The van der Waals surface area contributed by atoms with Crippen molar-refractivity contribution in [3.05, 3.63) is 17.8 Å². The van der Waals surface area contributed by atoms with Crippen LogP contribution in [-0.4, -0.2) is 16.9 Å². The molecule has 0 aliphatic rings. The number of primary amides is 1. The van der Waals surface area contributed by atoms with Gasteiger partial charge in [-0.25, -0.2) is 4.98 Å². The highest BCUT2D eigenvalue weighted by Crippen LogP contribution is 2.17. The van der Waals surface area contributed by atoms with Crippen LogP contribution in [0.4, 0.5) is 11.5 Å². The van der Waals surface area contributed by atoms with Gasteiger partial charge in [-0.1, -0.05) is 13.8 Å². The number of carbonyl (C=O) groups excluding carboxylic acids is 1. The van der Waals surface area contributed by atoms with E-state index in [-0.39, 0.29) is 6.04 Å². The Hall–Kier alpha value is -1.78. The van der Waals surface area contributed by atoms with Gasteiger partial charge in [-0.2, -0.15) is 0 Å². The molecule has 0 bridgehead atoms. The second-order valence-corrected chi connectivity index (χ2v) is 4.21. The maximum Gasteiger partial charge on any atom is 0.252 e. The van der Waals surface area contributed by atoms with Crippen molar-refractivity contribution in [2.24, 2.45) is 11.7 Å². The molecule has 1 unspecified atom stereocenters. The van der Waals surface area contributed by atoms with Gasteiger partial charge < -0.3 is 16.8 Å². The van der Waals surface area contributed by atoms with Gasteiger partial charge in [0.2, 0.25) is 0 Å². The molecule has 0 fully saturated rings. The lowest BCUT2D eigenvalue weighted by molar-refractivity contribution is 0.100. The van der Waals surface area contributed by atoms with Crippen LogP contribution in [0.15, 0.2) is 12.3 Å². The van der Waals surface area contributed by atoms with Crippen molar-refractivity contribution < 1.29 is 4.79 Å². The molecule has 5 nitrogen and oxygen atoms in total. The van der Waals surface area contributed by atoms with E-state index in [1.807, 2.05) is 6.92 Å². The van der Waals surface area contributed by atoms with Crippen molar-refractivity contribution in [1.82, 2.24) is 4.98 Å². The molecule has 1 amide bonds. The Morgan fingerprint density at radius 1 is 1.44 bits per heavy atom. The van der Waals surface area contributed by atoms with Gasteiger partial charge >= 0.3 is 0 Å². The summed E-state index contributed by atoms with van der Waals surface area (Å²) in [5, 5.41) is 3.15. The van der Waals surface area contributed by atoms with Crippen molar-refractivity contribution in [1.29, 1.82) is 0 Å². The third-order valence-corrected chi connectivity index (χ3v) is 2.54. The van der Waals surface area contributed by atoms with E-state index in [1.54, 1.807) is 0 Å². The van der Waals surface area contributed by atoms with Crippen LogP contribution in [0.3, 0.4) is 0 Å². The average Bonchev–Trinajstić information content (AvgIpc) is 2.20. The summed E-state index contributed by atoms with van der Waals surface area (Å²) in [5.74, 6) is 0.390. The lowest BCUT2D eigenvalue weighted by Crippen LogP contribution is -2.25. The lowest BCUT2D eigenvalue weighted by atomic mass is 10.1. The first kappa shape index (κ1) is 12.3. The lowest BCUT2D eigenvalue weighted by Gasteiger charge is -2.19. The van der Waals surface area contributed by atoms with E-state index in [2.05, 4.69) is 24.1 Å². The number of rotatable bonds is 4. The minimum absolute atomic E-state index is 0.203. The number of hydrogen-bond acceptors (Lipinski definition) is 4. The topological polar surface area (TPSA) is 94.0 Å². The van der Waals surface area contributed by atoms with Gasteiger partial charge in [-0.15, -0.1) is 0 Å². The number of hydrogen-bond donors (Lipinski definition) is 3. The highest BCUT2D eigenvalue weighted by Gasteiger charge is 2.14. The molecule has 0 aliphatic carbocycles. The predicted molar refractivity (Wildman–Crippen MR) is 65.1 cm³/mol. The number of nitrogens with zero attached hydrogens (tertiary/aromatic N) is 1. The molecule has 0 spiro atoms. The second-order valence-electron chi connectivity index (χ2n) is 4.21. The molecule has 16 heavy (non-hydrogen) atoms. The highest BCUT2D eigenvalue weighted by molar-refractivity contribution is 5.98. The fourth-order valence-electron chi connectivity index (χ4n) is 1.17. The average molecular weight is 222 g/mol. The van der Waals surface area contributed by atoms with E-state index < -0.39 is 5.91 Å². The molecule has 1 rings (SSSR count). The van der Waals surface area contributed by atoms with Crippen LogP contribution in [0, 0.1) is 5.92 Å². The number of anilines is 2. The summed E-state index contributed by atoms with van der Waals surface area (Å²) in [6.07, 6.45) is 1.50. The van der Waals surface area contributed by atoms with E-state index in [1.165, 1.54) is 12.3 Å². The van der Waals surface area contributed by atoms with Crippen molar-refractivity contribution >= 4 is 17.4 Å². The minimum atomic E-state index is -0.529. The first-order valence-electron chi connectivity index (χ1n) is 5.23. The molecule has 1 heterocycles. The summed E-state index contributed by atoms with van der Waals surface area (Å²) in [6, 6.07) is 1.74. The van der Waals surface area contributed by atoms with Gasteiger partial charge in [0.25, 0.3) is 5.91 Å². The van der Waals surface area contributed by atoms with Crippen LogP contribution in [-0.2, 0) is 0 Å². The normalized spacial score (nSPS) is 12.5. The fourth-order valence-corrected chi connectivity index (χ4v) is 1.17. The van der Waals surface area contributed by atoms with Crippen molar-refractivity contribution in [2.45, 2.75) is 26.8 Å². The van der Waals surface area contributed by atoms with Gasteiger partial charge in [0.1, 0.15) is 5.82 Å². The molecule has 5 N–H and O–H groups in total. The summed E-state index contributed by atoms with van der Waals surface area (Å²) in [5.41, 5.74) is 11.6. The van der Waals surface area contributed by atoms with E-state index in [0.717, 1.165) is 0 Å². The standard InChI is InChI=1S/C11H18N4O/c1-6(2)7(3)15-11-9(10(13)16)4-8(12)5-14-11/h4-7H,12H2,1-3H3,(H2,13,16)(H,14,15). The van der Waals surface area contributed by atoms with E-state index in [9.17, 15) is 4.79 Å². The van der Waals surface area contributed by atoms with Crippen LogP contribution in [0.1, 0.15) is 31.1 Å². The van der Waals surface area contributed by atoms with Crippen LogP contribution in [0.2, 0.25) is 0 Å². The Bertz CT molecular complexity index is 390. The summed E-state index contributed by atoms with van der Waals surface area (Å²) >= 11 is 0. The highest BCUT2D eigenvalue weighted by atomic mass is 16.1. The van der Waals surface area contributed by atoms with Gasteiger partial charge in [0.15, 0.2) is 0 Å². The quantitative estimate of drug-likeness (QED) is 0.714. The third kappa shape index (κ3) is 2.85. The largest absolute Gasteiger partial charge is 0.397 e. The number of nitrogen functional groups attached to an aromatic ring is 1. The molecule has 0 radical (unpaired) electrons. The SMILES string of the molecule is CC(C)C(C)Nc1ncc(N)cc1C(N)=O. The molecule has 88 valence electrons. The Morgan fingerprint density at radius 2 is 2.06 bits per heavy atom. The Kier molecular flexibility index (Phi) is 3.71. The monoisotopic (exact) mass is 222 g/mol. The molecular weight excluding hydrogens is 204 g/mol. The second kappa shape index (κ2) is 4.83. The summed E-state index contributed by atoms with van der Waals surface area (Å²) in [6.45, 7) is 6.19. The van der Waals surface area contributed by atoms with Crippen molar-refractivity contribution in [2.75, 3.05) is 11.1 Å². The van der Waals surface area contributed by atoms with Crippen LogP contribution >= 0.6 is 0 Å². The van der Waals surface area contributed by atoms with Gasteiger partial charge in [0.05, 0.1) is 17.4 Å². The zero-order chi connectivity index (χ0) is 12.3. The third-order valence-electron chi connectivity index (χ3n) is 2.54. The molecule has 1 aromatic rings. The van der Waals surface area contributed by atoms with Gasteiger partial charge in [-0.3, -0.25) is 4.79 Å². The summed E-state index contributed by atoms with van der Waals surface area (Å²) in [4.78, 5) is 15.3. The summed E-state index contributed by atoms with van der Waals surface area (Å²) in [7, 11) is 0. The molecule has 0 saturated carbocycles. The zero-order valence-electron chi connectivity index (χ0n) is 9.82. The molecular formula is C11H18N4O.